The van der Waals surface area contributed by atoms with Gasteiger partial charge >= 0.3 is 12.1 Å². The number of carbonyl (C=O) groups is 3. The number of terminal acetylenes is 1. The van der Waals surface area contributed by atoms with Crippen LogP contribution in [0.2, 0.25) is 0 Å². The summed E-state index contributed by atoms with van der Waals surface area (Å²) in [5.74, 6) is 0.523. The predicted molar refractivity (Wildman–Crippen MR) is 129 cm³/mol. The van der Waals surface area contributed by atoms with Crippen LogP contribution in [0.3, 0.4) is 0 Å². The molecule has 2 N–H and O–H groups in total. The number of hydrogen-bond acceptors (Lipinski definition) is 5. The minimum absolute atomic E-state index is 0.0825. The summed E-state index contributed by atoms with van der Waals surface area (Å²) >= 11 is 0. The summed E-state index contributed by atoms with van der Waals surface area (Å²) in [7, 11) is 1.47. The molecule has 1 fully saturated rings. The number of carboxylic acids is 1. The fourth-order valence-corrected chi connectivity index (χ4v) is 5.01. The third-order valence-electron chi connectivity index (χ3n) is 6.92. The van der Waals surface area contributed by atoms with E-state index in [0.717, 1.165) is 22.3 Å². The summed E-state index contributed by atoms with van der Waals surface area (Å²) in [6.45, 7) is 1.64. The highest BCUT2D eigenvalue weighted by atomic mass is 16.5. The Labute approximate surface area is 204 Å². The number of nitrogens with one attached hydrogen (secondary N) is 1. The molecule has 0 bridgehead atoms. The minimum Gasteiger partial charge on any atom is -0.480 e. The highest BCUT2D eigenvalue weighted by Gasteiger charge is 2.51. The van der Waals surface area contributed by atoms with Crippen LogP contribution in [0.5, 0.6) is 0 Å². The maximum absolute atomic E-state index is 13.3. The molecule has 2 amide bonds. The maximum Gasteiger partial charge on any atom is 0.407 e. The largest absolute Gasteiger partial charge is 0.480 e. The van der Waals surface area contributed by atoms with Crippen molar-refractivity contribution in [1.82, 2.24) is 10.2 Å². The molecule has 0 aromatic heterocycles. The molecular formula is C27H28N2O6. The highest BCUT2D eigenvalue weighted by molar-refractivity contribution is 5.92. The van der Waals surface area contributed by atoms with Gasteiger partial charge in [-0.25, -0.2) is 9.59 Å². The van der Waals surface area contributed by atoms with Crippen molar-refractivity contribution in [1.29, 1.82) is 0 Å². The Kier molecular flexibility index (Phi) is 6.81. The van der Waals surface area contributed by atoms with Gasteiger partial charge in [-0.2, -0.15) is 0 Å². The van der Waals surface area contributed by atoms with Crippen molar-refractivity contribution in [3.63, 3.8) is 0 Å². The number of aliphatic carboxylic acids is 1. The van der Waals surface area contributed by atoms with Crippen LogP contribution in [0.15, 0.2) is 48.5 Å². The molecule has 3 unspecified atom stereocenters. The second kappa shape index (κ2) is 9.80. The van der Waals surface area contributed by atoms with Gasteiger partial charge in [-0.1, -0.05) is 48.5 Å². The number of methoxy groups -OCH3 is 1. The van der Waals surface area contributed by atoms with Crippen molar-refractivity contribution in [3.05, 3.63) is 59.7 Å². The summed E-state index contributed by atoms with van der Waals surface area (Å²) in [6.07, 6.45) is 4.26. The lowest BCUT2D eigenvalue weighted by Gasteiger charge is -2.33. The van der Waals surface area contributed by atoms with Crippen LogP contribution in [0.25, 0.3) is 11.1 Å². The first-order valence-corrected chi connectivity index (χ1v) is 11.4. The lowest BCUT2D eigenvalue weighted by Crippen LogP contribution is -2.57. The summed E-state index contributed by atoms with van der Waals surface area (Å²) in [4.78, 5) is 39.2. The van der Waals surface area contributed by atoms with E-state index in [4.69, 9.17) is 15.9 Å². The molecule has 4 rings (SSSR count). The zero-order valence-electron chi connectivity index (χ0n) is 19.7. The van der Waals surface area contributed by atoms with E-state index in [2.05, 4.69) is 11.2 Å². The van der Waals surface area contributed by atoms with E-state index in [-0.39, 0.29) is 31.9 Å². The van der Waals surface area contributed by atoms with E-state index in [9.17, 15) is 19.5 Å². The summed E-state index contributed by atoms with van der Waals surface area (Å²) < 4.78 is 10.8. The minimum atomic E-state index is -1.46. The second-order valence-corrected chi connectivity index (χ2v) is 9.02. The fourth-order valence-electron chi connectivity index (χ4n) is 5.01. The number of likely N-dealkylation sites (tertiary alicyclic amines) is 1. The van der Waals surface area contributed by atoms with Crippen LogP contribution in [0, 0.1) is 12.3 Å². The number of hydrogen-bond donors (Lipinski definition) is 2. The average Bonchev–Trinajstić information content (AvgIpc) is 3.38. The van der Waals surface area contributed by atoms with Crippen LogP contribution >= 0.6 is 0 Å². The third kappa shape index (κ3) is 4.47. The normalized spacial score (nSPS) is 21.5. The molecule has 2 aromatic rings. The lowest BCUT2D eigenvalue weighted by atomic mass is 9.97. The van der Waals surface area contributed by atoms with E-state index in [1.54, 1.807) is 0 Å². The Morgan fingerprint density at radius 1 is 1.17 bits per heavy atom. The van der Waals surface area contributed by atoms with Gasteiger partial charge < -0.3 is 24.8 Å². The van der Waals surface area contributed by atoms with Gasteiger partial charge in [-0.15, -0.1) is 12.3 Å². The first kappa shape index (κ1) is 24.3. The molecule has 35 heavy (non-hydrogen) atoms. The van der Waals surface area contributed by atoms with Crippen LogP contribution in [0.4, 0.5) is 4.79 Å². The van der Waals surface area contributed by atoms with Crippen molar-refractivity contribution in [3.8, 4) is 23.5 Å². The Morgan fingerprint density at radius 3 is 2.31 bits per heavy atom. The fraction of sp³-hybridized carbons (Fsp3) is 0.370. The van der Waals surface area contributed by atoms with Crippen molar-refractivity contribution in [2.75, 3.05) is 20.3 Å². The Hall–Kier alpha value is -3.83. The molecule has 1 aliphatic heterocycles. The number of amides is 2. The van der Waals surface area contributed by atoms with E-state index in [0.29, 0.717) is 0 Å². The number of ether oxygens (including phenoxy) is 2. The molecular weight excluding hydrogens is 448 g/mol. The number of rotatable bonds is 7. The second-order valence-electron chi connectivity index (χ2n) is 9.02. The summed E-state index contributed by atoms with van der Waals surface area (Å²) in [6, 6.07) is 14.8. The number of carboxylic acid groups (broad SMARTS) is 1. The van der Waals surface area contributed by atoms with Gasteiger partial charge in [0, 0.05) is 32.4 Å². The quantitative estimate of drug-likeness (QED) is 0.596. The summed E-state index contributed by atoms with van der Waals surface area (Å²) in [5, 5.41) is 12.3. The average molecular weight is 477 g/mol. The SMILES string of the molecule is C#CCC(NC(=O)OCC1c2ccccc2-c2ccccc21)C(=O)N1CC(OC)CC1(C)C(=O)O. The molecule has 1 aliphatic carbocycles. The summed E-state index contributed by atoms with van der Waals surface area (Å²) in [5.41, 5.74) is 2.88. The van der Waals surface area contributed by atoms with E-state index >= 15 is 0 Å². The van der Waals surface area contributed by atoms with E-state index in [1.165, 1.54) is 18.9 Å². The first-order valence-electron chi connectivity index (χ1n) is 11.4. The first-order chi connectivity index (χ1) is 16.8. The standard InChI is InChI=1S/C27H28N2O6/c1-4-9-23(24(30)29-15-17(34-3)14-27(29,2)25(31)32)28-26(33)35-16-22-20-12-7-5-10-18(20)19-11-6-8-13-21(19)22/h1,5-8,10-13,17,22-23H,9,14-16H2,2-3H3,(H,28,33)(H,31,32). The lowest BCUT2D eigenvalue weighted by molar-refractivity contribution is -0.156. The number of benzene rings is 2. The molecule has 3 atom stereocenters. The van der Waals surface area contributed by atoms with Gasteiger partial charge in [0.15, 0.2) is 0 Å². The van der Waals surface area contributed by atoms with Crippen molar-refractivity contribution in [2.45, 2.75) is 43.4 Å². The van der Waals surface area contributed by atoms with Crippen molar-refractivity contribution < 1.29 is 29.0 Å². The zero-order valence-corrected chi connectivity index (χ0v) is 19.7. The molecule has 8 heteroatoms. The van der Waals surface area contributed by atoms with Crippen LogP contribution in [-0.2, 0) is 19.1 Å². The van der Waals surface area contributed by atoms with Gasteiger partial charge in [-0.3, -0.25) is 4.79 Å². The molecule has 2 aromatic carbocycles. The number of fused-ring (bicyclic) bond motifs is 3. The zero-order chi connectivity index (χ0) is 25.2. The molecule has 1 saturated heterocycles. The van der Waals surface area contributed by atoms with Crippen molar-refractivity contribution in [2.24, 2.45) is 0 Å². The predicted octanol–water partition coefficient (Wildman–Crippen LogP) is 3.01. The van der Waals surface area contributed by atoms with Crippen LogP contribution in [0.1, 0.15) is 36.8 Å². The van der Waals surface area contributed by atoms with Gasteiger partial charge in [0.25, 0.3) is 0 Å². The highest BCUT2D eigenvalue weighted by Crippen LogP contribution is 2.44. The monoisotopic (exact) mass is 476 g/mol. The Morgan fingerprint density at radius 2 is 1.77 bits per heavy atom. The van der Waals surface area contributed by atoms with Crippen LogP contribution < -0.4 is 5.32 Å². The molecule has 0 saturated carbocycles. The topological polar surface area (TPSA) is 105 Å². The number of carbonyl (C=O) groups excluding carboxylic acids is 2. The molecule has 0 spiro atoms. The van der Waals surface area contributed by atoms with Gasteiger partial charge in [0.05, 0.1) is 6.10 Å². The van der Waals surface area contributed by atoms with E-state index < -0.39 is 35.7 Å². The molecule has 8 nitrogen and oxygen atoms in total. The molecule has 0 radical (unpaired) electrons. The Bertz CT molecular complexity index is 1140. The number of alkyl carbamates (subject to hydrolysis) is 1. The molecule has 2 aliphatic rings. The third-order valence-corrected chi connectivity index (χ3v) is 6.92. The van der Waals surface area contributed by atoms with E-state index in [1.807, 2.05) is 48.5 Å². The molecule has 1 heterocycles. The maximum atomic E-state index is 13.3. The van der Waals surface area contributed by atoms with Crippen LogP contribution in [-0.4, -0.2) is 65.9 Å². The smallest absolute Gasteiger partial charge is 0.407 e. The Balaban J connectivity index is 1.46. The number of nitrogens with zero attached hydrogens (tertiary/aromatic N) is 1. The molecule has 182 valence electrons. The van der Waals surface area contributed by atoms with Gasteiger partial charge in [0.2, 0.25) is 5.91 Å². The van der Waals surface area contributed by atoms with Gasteiger partial charge in [-0.05, 0) is 29.2 Å². The van der Waals surface area contributed by atoms with Crippen molar-refractivity contribution >= 4 is 18.0 Å². The van der Waals surface area contributed by atoms with Gasteiger partial charge in [0.1, 0.15) is 18.2 Å².